The minimum absolute atomic E-state index is 0.0305. The number of amides is 2. The fourth-order valence-corrected chi connectivity index (χ4v) is 18.4. The molecule has 0 spiro atoms. The molecule has 94 heavy (non-hydrogen) atoms. The van der Waals surface area contributed by atoms with Crippen molar-refractivity contribution < 1.29 is 52.3 Å². The van der Waals surface area contributed by atoms with Gasteiger partial charge < -0.3 is 42.7 Å². The summed E-state index contributed by atoms with van der Waals surface area (Å²) in [4.78, 5) is 71.5. The highest BCUT2D eigenvalue weighted by Crippen LogP contribution is 2.65. The monoisotopic (exact) mass is 1350 g/mol. The summed E-state index contributed by atoms with van der Waals surface area (Å²) in [5.41, 5.74) is 2.00. The van der Waals surface area contributed by atoms with Crippen LogP contribution in [-0.4, -0.2) is 144 Å². The van der Waals surface area contributed by atoms with Gasteiger partial charge in [0, 0.05) is 37.0 Å². The molecule has 15 atom stereocenters. The zero-order valence-electron chi connectivity index (χ0n) is 53.5. The van der Waals surface area contributed by atoms with Crippen LogP contribution in [0.25, 0.3) is 22.3 Å². The molecule has 6 N–H and O–H groups in total. The van der Waals surface area contributed by atoms with Crippen LogP contribution in [0, 0.1) is 17.8 Å². The number of nitrogens with one attached hydrogen (secondary N) is 4. The molecule has 16 rings (SSSR count). The Morgan fingerprint density at radius 1 is 0.670 bits per heavy atom. The van der Waals surface area contributed by atoms with Gasteiger partial charge >= 0.3 is 0 Å². The fraction of sp³-hybridized carbons (Fsp3) is 0.545. The third-order valence-electron chi connectivity index (χ3n) is 19.6. The molecular weight excluding hydrogens is 1270 g/mol. The Bertz CT molecular complexity index is 3910. The number of aromatic nitrogens is 8. The first-order valence-corrected chi connectivity index (χ1v) is 36.2. The van der Waals surface area contributed by atoms with Gasteiger partial charge in [0.2, 0.25) is 31.4 Å². The third-order valence-corrected chi connectivity index (χ3v) is 23.5. The van der Waals surface area contributed by atoms with E-state index >= 15 is 0 Å². The maximum absolute atomic E-state index is 12.8. The quantitative estimate of drug-likeness (QED) is 0.0552. The molecule has 4 bridgehead atoms. The minimum atomic E-state index is -1.32. The number of fused-ring (bicyclic) bond motifs is 8. The molecule has 1 aliphatic carbocycles. The van der Waals surface area contributed by atoms with Crippen LogP contribution in [0.4, 0.5) is 11.9 Å². The van der Waals surface area contributed by atoms with E-state index in [1.807, 2.05) is 61.5 Å². The molecule has 4 aromatic heterocycles. The molecule has 25 nitrogen and oxygen atoms in total. The SMILES string of the molecule is CC[C@@]12COC([C@H](n3cnc4c(=O)[nH]c(NC(=O)C(C)C)nc43)O1)[C@H]2O.CC[C@@]12COC([C@H](n3cnc4c(=O)[nH]c(NC(=O)C(C)C)nc43)O1)[C@H]2OP1OC(c2ccccc2)C2CCCN21.ClP1OC(c2ccccc2)C2CCCN21.OC(c1ccccc1)C1CCCC1. The molecule has 7 aromatic rings. The Hall–Kier alpha value is -5.99. The number of halogens is 1. The van der Waals surface area contributed by atoms with Crippen LogP contribution in [0.1, 0.15) is 153 Å². The standard InChI is InChI=1S/C27H33N6O6P.C16H21N5O5.C12H16O.C11H13ClNOP/c1-4-27-13-36-20(21(27)39-40-33-12-8-11-17(33)19(38-40)16-9-6-5-7-10-16)25(37-27)32-14-28-18-22(32)29-26(31-24(18)35)30-23(34)15(2)3;1-4-16-5-25-9(10(16)22)14(26-16)21-6-17-8-11(21)18-15(20-13(8)24)19-12(23)7(2)3;13-12(11-8-4-5-9-11)10-6-2-1-3-7-10;12-15-13-8-4-7-10(13)11(14-15)9-5-2-1-3-6-9/h5-7,9-10,14-15,17,19-21,25H,4,8,11-13H2,1-3H3,(H2,29,30,31,34,35);6-7,9-10,14,22H,4-5H2,1-3H3,(H2,18,19,20,23,24);1-3,6-7,11-13H,4-5,8-9H2;1-3,5-6,10-11H,4,7-8H2/t17?,19?,20?,21-,25-,27+,40?;9?,10-,14-,16+;;/m11../s1. The lowest BCUT2D eigenvalue weighted by atomic mass is 9.95. The van der Waals surface area contributed by atoms with Crippen molar-refractivity contribution in [3.8, 4) is 0 Å². The summed E-state index contributed by atoms with van der Waals surface area (Å²) in [6.07, 6.45) is 10.4. The molecular formula is C66H83ClN12O13P2. The number of nitrogens with zero attached hydrogens (tertiary/aromatic N) is 8. The van der Waals surface area contributed by atoms with Crippen LogP contribution in [-0.2, 0) is 42.1 Å². The second-order valence-corrected chi connectivity index (χ2v) is 29.6. The smallest absolute Gasteiger partial charge is 0.280 e. The van der Waals surface area contributed by atoms with Crippen molar-refractivity contribution in [2.24, 2.45) is 17.8 Å². The average molecular weight is 1350 g/mol. The highest BCUT2D eigenvalue weighted by molar-refractivity contribution is 7.78. The summed E-state index contributed by atoms with van der Waals surface area (Å²) in [5, 5.41) is 25.7. The predicted octanol–water partition coefficient (Wildman–Crippen LogP) is 10.4. The summed E-state index contributed by atoms with van der Waals surface area (Å²) in [6, 6.07) is 31.6. The summed E-state index contributed by atoms with van der Waals surface area (Å²) < 4.78 is 52.0. The summed E-state index contributed by atoms with van der Waals surface area (Å²) in [6.45, 7) is 13.8. The number of carbonyl (C=O) groups excluding carboxylic acids is 2. The van der Waals surface area contributed by atoms with Crippen molar-refractivity contribution in [1.82, 2.24) is 48.4 Å². The van der Waals surface area contributed by atoms with E-state index in [1.165, 1.54) is 62.3 Å². The van der Waals surface area contributed by atoms with Crippen molar-refractivity contribution in [2.45, 2.75) is 184 Å². The van der Waals surface area contributed by atoms with Crippen LogP contribution >= 0.6 is 27.4 Å². The van der Waals surface area contributed by atoms with Gasteiger partial charge in [0.05, 0.1) is 32.0 Å². The molecule has 3 aromatic carbocycles. The molecule has 2 amide bonds. The normalized spacial score (nSPS) is 31.1. The first-order chi connectivity index (χ1) is 45.5. The molecule has 1 saturated carbocycles. The second-order valence-electron chi connectivity index (χ2n) is 26.1. The predicted molar refractivity (Wildman–Crippen MR) is 353 cm³/mol. The Kier molecular flexibility index (Phi) is 20.0. The molecule has 0 radical (unpaired) electrons. The molecule has 12 heterocycles. The maximum Gasteiger partial charge on any atom is 0.280 e. The Morgan fingerprint density at radius 3 is 1.68 bits per heavy atom. The highest BCUT2D eigenvalue weighted by atomic mass is 35.7. The second kappa shape index (κ2) is 28.2. The number of hydrogen-bond acceptors (Lipinski definition) is 19. The Labute approximate surface area is 551 Å². The van der Waals surface area contributed by atoms with E-state index in [-0.39, 0.29) is 82.7 Å². The van der Waals surface area contributed by atoms with Gasteiger partial charge in [-0.15, -0.1) is 0 Å². The zero-order chi connectivity index (χ0) is 65.6. The maximum atomic E-state index is 12.8. The minimum Gasteiger partial charge on any atom is -0.388 e. The number of carbonyl (C=O) groups is 2. The van der Waals surface area contributed by atoms with E-state index in [9.17, 15) is 29.4 Å². The third kappa shape index (κ3) is 13.0. The van der Waals surface area contributed by atoms with E-state index in [0.717, 1.165) is 31.5 Å². The number of rotatable bonds is 14. The number of aliphatic hydroxyl groups is 2. The van der Waals surface area contributed by atoms with Crippen LogP contribution in [0.3, 0.4) is 0 Å². The number of hydrogen-bond donors (Lipinski definition) is 6. The van der Waals surface area contributed by atoms with Gasteiger partial charge in [0.15, 0.2) is 34.8 Å². The van der Waals surface area contributed by atoms with Crippen molar-refractivity contribution in [2.75, 3.05) is 36.9 Å². The Balaban J connectivity index is 0.000000126. The number of imidazole rings is 2. The molecule has 9 fully saturated rings. The largest absolute Gasteiger partial charge is 0.388 e. The van der Waals surface area contributed by atoms with Crippen molar-refractivity contribution >= 4 is 73.5 Å². The van der Waals surface area contributed by atoms with E-state index in [2.05, 4.69) is 93.2 Å². The first-order valence-electron chi connectivity index (χ1n) is 32.9. The van der Waals surface area contributed by atoms with Crippen molar-refractivity contribution in [3.63, 3.8) is 0 Å². The number of aliphatic hydroxyl groups excluding tert-OH is 2. The Morgan fingerprint density at radius 2 is 1.15 bits per heavy atom. The summed E-state index contributed by atoms with van der Waals surface area (Å²) in [5.74, 6) is -0.442. The summed E-state index contributed by atoms with van der Waals surface area (Å²) in [7, 11) is -2.18. The van der Waals surface area contributed by atoms with Crippen molar-refractivity contribution in [3.05, 3.63) is 141 Å². The lowest BCUT2D eigenvalue weighted by molar-refractivity contribution is -0.173. The number of benzene rings is 3. The van der Waals surface area contributed by atoms with Crippen LogP contribution in [0.2, 0.25) is 0 Å². The topological polar surface area (TPSA) is 297 Å². The van der Waals surface area contributed by atoms with E-state index in [1.54, 1.807) is 36.8 Å². The zero-order valence-corrected chi connectivity index (χ0v) is 56.1. The van der Waals surface area contributed by atoms with E-state index in [0.29, 0.717) is 43.7 Å². The van der Waals surface area contributed by atoms with Crippen LogP contribution < -0.4 is 21.8 Å². The number of aromatic amines is 2. The molecule has 9 aliphatic rings. The van der Waals surface area contributed by atoms with Gasteiger partial charge in [0.1, 0.15) is 47.8 Å². The van der Waals surface area contributed by atoms with E-state index in [4.69, 9.17) is 43.8 Å². The van der Waals surface area contributed by atoms with Gasteiger partial charge in [-0.1, -0.05) is 145 Å². The van der Waals surface area contributed by atoms with Crippen molar-refractivity contribution in [1.29, 1.82) is 0 Å². The molecule has 8 saturated heterocycles. The lowest BCUT2D eigenvalue weighted by Crippen LogP contribution is -2.41. The number of H-pyrrole nitrogens is 2. The number of ether oxygens (including phenoxy) is 4. The average Bonchev–Trinajstić information content (AvgIpc) is 1.57. The first kappa shape index (κ1) is 66.6. The molecule has 8 aliphatic heterocycles. The van der Waals surface area contributed by atoms with Gasteiger partial charge in [-0.05, 0) is 85.2 Å². The summed E-state index contributed by atoms with van der Waals surface area (Å²) >= 11 is 6.23. The molecule has 502 valence electrons. The van der Waals surface area contributed by atoms with Gasteiger partial charge in [0.25, 0.3) is 19.6 Å². The van der Waals surface area contributed by atoms with Gasteiger partial charge in [-0.2, -0.15) is 9.97 Å². The molecule has 28 heteroatoms. The fourth-order valence-electron chi connectivity index (χ4n) is 14.2. The van der Waals surface area contributed by atoms with Gasteiger partial charge in [-0.3, -0.25) is 48.9 Å². The number of anilines is 2. The van der Waals surface area contributed by atoms with E-state index < -0.39 is 69.3 Å². The van der Waals surface area contributed by atoms with Crippen LogP contribution in [0.5, 0.6) is 0 Å². The van der Waals surface area contributed by atoms with Crippen LogP contribution in [0.15, 0.2) is 113 Å². The van der Waals surface area contributed by atoms with Gasteiger partial charge in [-0.25, -0.2) is 19.3 Å². The molecule has 9 unspecified atom stereocenters. The lowest BCUT2D eigenvalue weighted by Gasteiger charge is -2.31. The highest BCUT2D eigenvalue weighted by Gasteiger charge is 2.65.